The van der Waals surface area contributed by atoms with Crippen molar-refractivity contribution in [2.24, 2.45) is 5.92 Å². The highest BCUT2D eigenvalue weighted by Gasteiger charge is 2.26. The standard InChI is InChI=1S/C18H24N2O4/c1-20(11-5-8-17(22)24-2)16(21)10-9-14-12-13-6-3-4-7-15(13)19-18(14)23/h3-4,6-7,14H,5,8-12H2,1-2H3,(H,19,23). The summed E-state index contributed by atoms with van der Waals surface area (Å²) in [6, 6.07) is 7.74. The number of esters is 1. The third kappa shape index (κ3) is 4.81. The third-order valence-electron chi connectivity index (χ3n) is 4.35. The number of benzene rings is 1. The fourth-order valence-corrected chi connectivity index (χ4v) is 2.82. The van der Waals surface area contributed by atoms with Gasteiger partial charge in [0, 0.05) is 38.0 Å². The lowest BCUT2D eigenvalue weighted by Crippen LogP contribution is -2.32. The van der Waals surface area contributed by atoms with Crippen LogP contribution in [0.5, 0.6) is 0 Å². The summed E-state index contributed by atoms with van der Waals surface area (Å²) in [7, 11) is 3.07. The Bertz CT molecular complexity index is 615. The second-order valence-corrected chi connectivity index (χ2v) is 6.08. The van der Waals surface area contributed by atoms with E-state index in [0.29, 0.717) is 38.6 Å². The molecule has 0 aliphatic carbocycles. The quantitative estimate of drug-likeness (QED) is 0.775. The van der Waals surface area contributed by atoms with E-state index in [9.17, 15) is 14.4 Å². The molecule has 0 saturated carbocycles. The molecule has 0 aromatic heterocycles. The maximum atomic E-state index is 12.2. The molecule has 1 aliphatic heterocycles. The molecular weight excluding hydrogens is 308 g/mol. The predicted octanol–water partition coefficient (Wildman–Crippen LogP) is 1.99. The zero-order valence-corrected chi connectivity index (χ0v) is 14.2. The van der Waals surface area contributed by atoms with Crippen molar-refractivity contribution in [2.45, 2.75) is 32.1 Å². The van der Waals surface area contributed by atoms with Crippen LogP contribution in [-0.2, 0) is 25.5 Å². The van der Waals surface area contributed by atoms with Crippen LogP contribution in [0, 0.1) is 5.92 Å². The Morgan fingerprint density at radius 2 is 2.04 bits per heavy atom. The summed E-state index contributed by atoms with van der Waals surface area (Å²) in [5.41, 5.74) is 1.98. The van der Waals surface area contributed by atoms with Gasteiger partial charge in [0.05, 0.1) is 7.11 Å². The van der Waals surface area contributed by atoms with Crippen molar-refractivity contribution < 1.29 is 19.1 Å². The van der Waals surface area contributed by atoms with Crippen LogP contribution >= 0.6 is 0 Å². The molecule has 1 atom stereocenters. The van der Waals surface area contributed by atoms with E-state index in [0.717, 1.165) is 11.3 Å². The minimum Gasteiger partial charge on any atom is -0.469 e. The Kier molecular flexibility index (Phi) is 6.35. The Labute approximate surface area is 142 Å². The van der Waals surface area contributed by atoms with Crippen LogP contribution in [0.3, 0.4) is 0 Å². The second kappa shape index (κ2) is 8.47. The molecule has 6 heteroatoms. The third-order valence-corrected chi connectivity index (χ3v) is 4.35. The zero-order chi connectivity index (χ0) is 17.5. The molecule has 24 heavy (non-hydrogen) atoms. The molecule has 1 unspecified atom stereocenters. The van der Waals surface area contributed by atoms with Crippen molar-refractivity contribution in [3.8, 4) is 0 Å². The molecule has 0 spiro atoms. The van der Waals surface area contributed by atoms with E-state index < -0.39 is 0 Å². The number of hydrogen-bond acceptors (Lipinski definition) is 4. The first kappa shape index (κ1) is 18.0. The number of fused-ring (bicyclic) bond motifs is 1. The van der Waals surface area contributed by atoms with Crippen molar-refractivity contribution in [3.63, 3.8) is 0 Å². The first-order valence-electron chi connectivity index (χ1n) is 8.20. The van der Waals surface area contributed by atoms with Gasteiger partial charge in [-0.2, -0.15) is 0 Å². The minimum atomic E-state index is -0.270. The molecule has 0 saturated heterocycles. The number of para-hydroxylation sites is 1. The molecule has 1 aromatic carbocycles. The van der Waals surface area contributed by atoms with Gasteiger partial charge in [0.1, 0.15) is 0 Å². The average molecular weight is 332 g/mol. The van der Waals surface area contributed by atoms with Crippen LogP contribution in [0.25, 0.3) is 0 Å². The van der Waals surface area contributed by atoms with Gasteiger partial charge in [-0.15, -0.1) is 0 Å². The Morgan fingerprint density at radius 1 is 1.29 bits per heavy atom. The van der Waals surface area contributed by atoms with E-state index in [-0.39, 0.29) is 23.7 Å². The molecule has 0 radical (unpaired) electrons. The fraction of sp³-hybridized carbons (Fsp3) is 0.500. The van der Waals surface area contributed by atoms with Gasteiger partial charge in [0.2, 0.25) is 11.8 Å². The van der Waals surface area contributed by atoms with Gasteiger partial charge < -0.3 is 15.0 Å². The molecule has 0 fully saturated rings. The average Bonchev–Trinajstić information content (AvgIpc) is 2.59. The molecule has 1 aromatic rings. The molecular formula is C18H24N2O4. The maximum absolute atomic E-state index is 12.2. The van der Waals surface area contributed by atoms with E-state index in [2.05, 4.69) is 10.1 Å². The Hall–Kier alpha value is -2.37. The van der Waals surface area contributed by atoms with Gasteiger partial charge >= 0.3 is 5.97 Å². The van der Waals surface area contributed by atoms with Crippen LogP contribution in [0.4, 0.5) is 5.69 Å². The summed E-state index contributed by atoms with van der Waals surface area (Å²) in [5, 5.41) is 2.90. The monoisotopic (exact) mass is 332 g/mol. The summed E-state index contributed by atoms with van der Waals surface area (Å²) < 4.78 is 4.57. The molecule has 1 aliphatic rings. The van der Waals surface area contributed by atoms with Crippen LogP contribution in [0.1, 0.15) is 31.2 Å². The van der Waals surface area contributed by atoms with Crippen molar-refractivity contribution >= 4 is 23.5 Å². The molecule has 1 heterocycles. The summed E-state index contributed by atoms with van der Waals surface area (Å²) in [5.74, 6) is -0.470. The lowest BCUT2D eigenvalue weighted by molar-refractivity contribution is -0.141. The van der Waals surface area contributed by atoms with Crippen molar-refractivity contribution in [3.05, 3.63) is 29.8 Å². The number of carbonyl (C=O) groups excluding carboxylic acids is 3. The lowest BCUT2D eigenvalue weighted by atomic mass is 9.89. The molecule has 130 valence electrons. The first-order chi connectivity index (χ1) is 11.5. The topological polar surface area (TPSA) is 75.7 Å². The number of hydrogen-bond donors (Lipinski definition) is 1. The normalized spacial score (nSPS) is 16.1. The summed E-state index contributed by atoms with van der Waals surface area (Å²) in [6.45, 7) is 0.508. The van der Waals surface area contributed by atoms with E-state index in [4.69, 9.17) is 0 Å². The number of carbonyl (C=O) groups is 3. The number of nitrogens with one attached hydrogen (secondary N) is 1. The fourth-order valence-electron chi connectivity index (χ4n) is 2.82. The van der Waals surface area contributed by atoms with Gasteiger partial charge in [0.15, 0.2) is 0 Å². The SMILES string of the molecule is COC(=O)CCCN(C)C(=O)CCC1Cc2ccccc2NC1=O. The number of methoxy groups -OCH3 is 1. The van der Waals surface area contributed by atoms with E-state index in [1.54, 1.807) is 11.9 Å². The largest absolute Gasteiger partial charge is 0.469 e. The zero-order valence-electron chi connectivity index (χ0n) is 14.2. The van der Waals surface area contributed by atoms with Crippen LogP contribution in [0.2, 0.25) is 0 Å². The van der Waals surface area contributed by atoms with Gasteiger partial charge in [0.25, 0.3) is 0 Å². The highest BCUT2D eigenvalue weighted by Crippen LogP contribution is 2.27. The lowest BCUT2D eigenvalue weighted by Gasteiger charge is -2.25. The highest BCUT2D eigenvalue weighted by atomic mass is 16.5. The molecule has 2 amide bonds. The van der Waals surface area contributed by atoms with Crippen molar-refractivity contribution in [2.75, 3.05) is 26.0 Å². The predicted molar refractivity (Wildman–Crippen MR) is 90.4 cm³/mol. The molecule has 2 rings (SSSR count). The highest BCUT2D eigenvalue weighted by molar-refractivity contribution is 5.96. The number of ether oxygens (including phenoxy) is 1. The van der Waals surface area contributed by atoms with Crippen molar-refractivity contribution in [1.29, 1.82) is 0 Å². The van der Waals surface area contributed by atoms with E-state index in [1.165, 1.54) is 7.11 Å². The van der Waals surface area contributed by atoms with E-state index >= 15 is 0 Å². The Balaban J connectivity index is 1.77. The van der Waals surface area contributed by atoms with Gasteiger partial charge in [-0.1, -0.05) is 18.2 Å². The van der Waals surface area contributed by atoms with Crippen molar-refractivity contribution in [1.82, 2.24) is 4.90 Å². The summed E-state index contributed by atoms with van der Waals surface area (Å²) in [6.07, 6.45) is 2.40. The van der Waals surface area contributed by atoms with E-state index in [1.807, 2.05) is 24.3 Å². The van der Waals surface area contributed by atoms with Gasteiger partial charge in [-0.3, -0.25) is 14.4 Å². The Morgan fingerprint density at radius 3 is 2.79 bits per heavy atom. The smallest absolute Gasteiger partial charge is 0.305 e. The van der Waals surface area contributed by atoms with Crippen LogP contribution in [0.15, 0.2) is 24.3 Å². The summed E-state index contributed by atoms with van der Waals surface area (Å²) >= 11 is 0. The molecule has 1 N–H and O–H groups in total. The number of nitrogens with zero attached hydrogens (tertiary/aromatic N) is 1. The number of rotatable bonds is 7. The summed E-state index contributed by atoms with van der Waals surface area (Å²) in [4.78, 5) is 37.0. The molecule has 6 nitrogen and oxygen atoms in total. The van der Waals surface area contributed by atoms with Gasteiger partial charge in [-0.25, -0.2) is 0 Å². The first-order valence-corrected chi connectivity index (χ1v) is 8.20. The van der Waals surface area contributed by atoms with Gasteiger partial charge in [-0.05, 0) is 30.9 Å². The van der Waals surface area contributed by atoms with Crippen LogP contribution in [-0.4, -0.2) is 43.4 Å². The number of amides is 2. The minimum absolute atomic E-state index is 0.00785. The second-order valence-electron chi connectivity index (χ2n) is 6.08. The van der Waals surface area contributed by atoms with Crippen LogP contribution < -0.4 is 5.32 Å². The number of anilines is 1. The molecule has 0 bridgehead atoms. The maximum Gasteiger partial charge on any atom is 0.305 e.